The van der Waals surface area contributed by atoms with Crippen LogP contribution in [0.2, 0.25) is 0 Å². The molecule has 0 amide bonds. The molecule has 0 unspecified atom stereocenters. The first-order valence-corrected chi connectivity index (χ1v) is 5.68. The fraction of sp³-hybridized carbons (Fsp3) is 0.286. The van der Waals surface area contributed by atoms with Crippen LogP contribution in [0, 0.1) is 6.92 Å². The molecule has 0 bridgehead atoms. The van der Waals surface area contributed by atoms with Crippen LogP contribution in [0.4, 0.5) is 12.9 Å². The van der Waals surface area contributed by atoms with Crippen LogP contribution in [-0.2, 0) is 0 Å². The average Bonchev–Trinajstić information content (AvgIpc) is 2.45. The van der Waals surface area contributed by atoms with Crippen molar-refractivity contribution in [3.05, 3.63) is 23.1 Å². The molecule has 1 nitrogen and oxygen atoms in total. The molecule has 0 spiro atoms. The molecule has 78 valence electrons. The summed E-state index contributed by atoms with van der Waals surface area (Å²) in [7, 11) is 0. The Balaban J connectivity index is 0.00000196. The smallest absolute Gasteiger partial charge is 0.445 e. The summed E-state index contributed by atoms with van der Waals surface area (Å²) in [6.45, 7) is -0.0863. The normalized spacial score (nSPS) is 10.9. The summed E-state index contributed by atoms with van der Waals surface area (Å²) in [5.74, 6) is -0.129. The van der Waals surface area contributed by atoms with Crippen LogP contribution in [0.1, 0.15) is 5.69 Å². The molecule has 0 aromatic carbocycles. The van der Waals surface area contributed by atoms with Gasteiger partial charge in [0, 0.05) is 11.1 Å². The molecule has 1 aromatic heterocycles. The number of hydrogen-bond donors (Lipinski definition) is 0. The molecule has 0 N–H and O–H groups in total. The summed E-state index contributed by atoms with van der Waals surface area (Å²) in [5, 5.41) is 1.81. The van der Waals surface area contributed by atoms with Crippen molar-refractivity contribution in [2.24, 2.45) is 0 Å². The summed E-state index contributed by atoms with van der Waals surface area (Å²) >= 11 is 2.43. The van der Waals surface area contributed by atoms with Crippen molar-refractivity contribution < 1.29 is 64.3 Å². The Morgan fingerprint density at radius 2 is 2.20 bits per heavy atom. The summed E-state index contributed by atoms with van der Waals surface area (Å²) in [6, 6.07) is 0. The quantitative estimate of drug-likeness (QED) is 0.587. The Kier molecular flexibility index (Phi) is 7.38. The van der Waals surface area contributed by atoms with E-state index in [1.807, 2.05) is 12.3 Å². The third kappa shape index (κ3) is 5.90. The van der Waals surface area contributed by atoms with Crippen LogP contribution in [0.3, 0.4) is 0 Å². The Morgan fingerprint density at radius 1 is 1.60 bits per heavy atom. The largest absolute Gasteiger partial charge is 1.00 e. The minimum Gasteiger partial charge on any atom is -0.445 e. The van der Waals surface area contributed by atoms with Gasteiger partial charge in [-0.25, -0.2) is 4.98 Å². The predicted molar refractivity (Wildman–Crippen MR) is 55.8 cm³/mol. The monoisotopic (exact) mass is 277 g/mol. The number of aryl methyl sites for hydroxylation is 1. The third-order valence-corrected chi connectivity index (χ3v) is 3.69. The topological polar surface area (TPSA) is 12.9 Å². The Labute approximate surface area is 137 Å². The van der Waals surface area contributed by atoms with E-state index >= 15 is 0 Å². The fourth-order valence-corrected chi connectivity index (χ4v) is 2.47. The minimum absolute atomic E-state index is 0. The average molecular weight is 277 g/mol. The molecule has 0 atom stereocenters. The molecule has 0 saturated carbocycles. The maximum absolute atomic E-state index is 12.1. The Bertz CT molecular complexity index is 339. The van der Waals surface area contributed by atoms with Gasteiger partial charge in [-0.05, 0) is 12.7 Å². The van der Waals surface area contributed by atoms with Crippen LogP contribution in [-0.4, -0.2) is 17.7 Å². The van der Waals surface area contributed by atoms with Gasteiger partial charge in [-0.2, -0.15) is 0 Å². The molecule has 1 rings (SSSR count). The van der Waals surface area contributed by atoms with E-state index < -0.39 is 12.4 Å². The van der Waals surface area contributed by atoms with Gasteiger partial charge in [0.05, 0.1) is 0 Å². The molecule has 1 heterocycles. The number of halogens is 3. The van der Waals surface area contributed by atoms with E-state index in [9.17, 15) is 12.9 Å². The summed E-state index contributed by atoms with van der Waals surface area (Å²) < 4.78 is 36.9. The van der Waals surface area contributed by atoms with Crippen LogP contribution in [0.5, 0.6) is 0 Å². The van der Waals surface area contributed by atoms with Crippen molar-refractivity contribution in [2.45, 2.75) is 11.3 Å². The zero-order valence-electron chi connectivity index (χ0n) is 8.47. The minimum atomic E-state index is -4.90. The van der Waals surface area contributed by atoms with Crippen molar-refractivity contribution in [2.75, 3.05) is 5.75 Å². The molecule has 8 heteroatoms. The van der Waals surface area contributed by atoms with E-state index in [1.165, 1.54) is 11.3 Å². The van der Waals surface area contributed by atoms with Crippen LogP contribution < -0.4 is 51.4 Å². The second-order valence-electron chi connectivity index (χ2n) is 2.78. The molecule has 0 radical (unpaired) electrons. The molecule has 0 saturated heterocycles. The van der Waals surface area contributed by atoms with Crippen LogP contribution in [0.15, 0.2) is 21.8 Å². The number of nitrogens with zero attached hydrogens (tertiary/aromatic N) is 1. The number of thioether (sulfide) groups is 1. The summed E-state index contributed by atoms with van der Waals surface area (Å²) in [6.07, 6.45) is 0. The molecule has 1 aromatic rings. The number of hydrogen-bond acceptors (Lipinski definition) is 3. The Hall–Kier alpha value is 1.21. The van der Waals surface area contributed by atoms with Gasteiger partial charge in [-0.1, -0.05) is 11.8 Å². The van der Waals surface area contributed by atoms with Gasteiger partial charge in [0.25, 0.3) is 0 Å². The van der Waals surface area contributed by atoms with Crippen molar-refractivity contribution in [1.29, 1.82) is 0 Å². The zero-order valence-corrected chi connectivity index (χ0v) is 13.2. The van der Waals surface area contributed by atoms with Crippen molar-refractivity contribution in [3.8, 4) is 0 Å². The molecule has 0 aliphatic heterocycles. The Morgan fingerprint density at radius 3 is 2.60 bits per heavy atom. The van der Waals surface area contributed by atoms with Crippen molar-refractivity contribution >= 4 is 30.1 Å². The molecule has 0 fully saturated rings. The molecular formula is C7H8BF3KNS2. The molecule has 15 heavy (non-hydrogen) atoms. The van der Waals surface area contributed by atoms with Gasteiger partial charge >= 0.3 is 58.4 Å². The van der Waals surface area contributed by atoms with Gasteiger partial charge < -0.3 is 12.9 Å². The second-order valence-corrected chi connectivity index (χ2v) is 4.86. The van der Waals surface area contributed by atoms with E-state index in [4.69, 9.17) is 0 Å². The standard InChI is InChI=1S/C7H8BF3NS2.K/c1-5(8(9,10)11)3-13-7-12-6(2)4-14-7;/h4H,1,3H2,2H3;/q-1;+1. The van der Waals surface area contributed by atoms with Gasteiger partial charge in [0.2, 0.25) is 0 Å². The number of rotatable bonds is 4. The summed E-state index contributed by atoms with van der Waals surface area (Å²) in [5.41, 5.74) is 0.170. The first-order chi connectivity index (χ1) is 6.39. The van der Waals surface area contributed by atoms with Gasteiger partial charge in [0.1, 0.15) is 4.34 Å². The van der Waals surface area contributed by atoms with Crippen molar-refractivity contribution in [1.82, 2.24) is 4.98 Å². The first-order valence-electron chi connectivity index (χ1n) is 3.82. The van der Waals surface area contributed by atoms with E-state index in [0.717, 1.165) is 17.5 Å². The number of thiazole rings is 1. The first kappa shape index (κ1) is 16.2. The maximum Gasteiger partial charge on any atom is 1.00 e. The van der Waals surface area contributed by atoms with E-state index in [0.29, 0.717) is 4.34 Å². The van der Waals surface area contributed by atoms with Crippen LogP contribution >= 0.6 is 23.1 Å². The molecule has 0 aliphatic carbocycles. The van der Waals surface area contributed by atoms with Gasteiger partial charge in [0.15, 0.2) is 0 Å². The maximum atomic E-state index is 12.1. The van der Waals surface area contributed by atoms with E-state index in [-0.39, 0.29) is 57.1 Å². The SMILES string of the molecule is C=C(CSc1nc(C)cs1)[B-](F)(F)F.[K+]. The predicted octanol–water partition coefficient (Wildman–Crippen LogP) is 0.490. The number of aromatic nitrogens is 1. The van der Waals surface area contributed by atoms with Gasteiger partial charge in [-0.3, -0.25) is 0 Å². The van der Waals surface area contributed by atoms with E-state index in [1.54, 1.807) is 0 Å². The van der Waals surface area contributed by atoms with Crippen LogP contribution in [0.25, 0.3) is 0 Å². The molecule has 0 aliphatic rings. The van der Waals surface area contributed by atoms with Gasteiger partial charge in [-0.15, -0.1) is 23.4 Å². The van der Waals surface area contributed by atoms with Crippen molar-refractivity contribution in [3.63, 3.8) is 0 Å². The van der Waals surface area contributed by atoms with E-state index in [2.05, 4.69) is 11.6 Å². The molecular weight excluding hydrogens is 269 g/mol. The zero-order chi connectivity index (χ0) is 10.8. The fourth-order valence-electron chi connectivity index (χ4n) is 0.648. The summed E-state index contributed by atoms with van der Waals surface area (Å²) in [4.78, 5) is 4.04. The third-order valence-electron chi connectivity index (χ3n) is 1.44. The second kappa shape index (κ2) is 6.83.